The Kier molecular flexibility index (Phi) is 11.2. The molecule has 0 N–H and O–H groups in total. The van der Waals surface area contributed by atoms with Crippen molar-refractivity contribution in [2.24, 2.45) is 11.8 Å². The molecule has 0 bridgehead atoms. The molecule has 1 fully saturated rings. The number of hydrogen-bond donors (Lipinski definition) is 0. The van der Waals surface area contributed by atoms with Crippen LogP contribution in [0.1, 0.15) is 83.5 Å². The Hall–Kier alpha value is -1.39. The molecule has 25 heavy (non-hydrogen) atoms. The van der Waals surface area contributed by atoms with Crippen LogP contribution in [0.4, 0.5) is 0 Å². The number of ketones is 1. The number of hydrogen-bond acceptors (Lipinski definition) is 5. The molecule has 0 saturated heterocycles. The van der Waals surface area contributed by atoms with E-state index in [4.69, 9.17) is 9.47 Å². The molecule has 1 saturated carbocycles. The van der Waals surface area contributed by atoms with Crippen molar-refractivity contribution in [1.29, 1.82) is 0 Å². The van der Waals surface area contributed by atoms with Gasteiger partial charge in [-0.1, -0.05) is 57.8 Å². The molecule has 1 aliphatic rings. The van der Waals surface area contributed by atoms with E-state index >= 15 is 0 Å². The highest BCUT2D eigenvalue weighted by molar-refractivity contribution is 5.95. The quantitative estimate of drug-likeness (QED) is 0.560. The summed E-state index contributed by atoms with van der Waals surface area (Å²) in [5.74, 6) is -2.37. The maximum absolute atomic E-state index is 12.4. The summed E-state index contributed by atoms with van der Waals surface area (Å²) < 4.78 is 9.60. The van der Waals surface area contributed by atoms with E-state index in [1.54, 1.807) is 0 Å². The van der Waals surface area contributed by atoms with Gasteiger partial charge in [-0.05, 0) is 18.8 Å². The first-order chi connectivity index (χ1) is 12.1. The fraction of sp³-hybridized carbons (Fsp3) is 0.850. The van der Waals surface area contributed by atoms with Crippen LogP contribution >= 0.6 is 0 Å². The molecule has 0 amide bonds. The summed E-state index contributed by atoms with van der Waals surface area (Å²) in [6.07, 6.45) is 12.8. The predicted octanol–water partition coefficient (Wildman–Crippen LogP) is 4.22. The summed E-state index contributed by atoms with van der Waals surface area (Å²) in [6, 6.07) is 0. The van der Waals surface area contributed by atoms with Gasteiger partial charge in [0.1, 0.15) is 5.78 Å². The number of esters is 2. The normalized spacial score (nSPS) is 21.9. The van der Waals surface area contributed by atoms with Crippen LogP contribution in [0.15, 0.2) is 0 Å². The number of rotatable bonds is 3. The highest BCUT2D eigenvalue weighted by Crippen LogP contribution is 2.27. The standard InChI is InChI=1S/C20H34O5/c1-24-19(22)18(20(23)25-2)16-13-11-9-7-5-3-4-6-8-10-12-14-17(21)15-16/h16,18H,3-15H2,1-2H3/t16-/m0/s1. The second-order valence-electron chi connectivity index (χ2n) is 7.10. The number of methoxy groups -OCH3 is 2. The zero-order valence-corrected chi connectivity index (χ0v) is 15.9. The van der Waals surface area contributed by atoms with Gasteiger partial charge >= 0.3 is 11.9 Å². The van der Waals surface area contributed by atoms with Gasteiger partial charge < -0.3 is 9.47 Å². The van der Waals surface area contributed by atoms with Crippen LogP contribution in [-0.2, 0) is 23.9 Å². The van der Waals surface area contributed by atoms with Gasteiger partial charge in [0.2, 0.25) is 0 Å². The Bertz CT molecular complexity index is 402. The Balaban J connectivity index is 2.78. The van der Waals surface area contributed by atoms with Gasteiger partial charge in [0.05, 0.1) is 14.2 Å². The first-order valence-corrected chi connectivity index (χ1v) is 9.77. The van der Waals surface area contributed by atoms with E-state index in [9.17, 15) is 14.4 Å². The van der Waals surface area contributed by atoms with Gasteiger partial charge in [-0.2, -0.15) is 0 Å². The molecule has 1 rings (SSSR count). The van der Waals surface area contributed by atoms with Crippen LogP contribution in [0.25, 0.3) is 0 Å². The second kappa shape index (κ2) is 12.9. The lowest BCUT2D eigenvalue weighted by Gasteiger charge is -2.23. The third-order valence-corrected chi connectivity index (χ3v) is 5.15. The molecular formula is C20H34O5. The van der Waals surface area contributed by atoms with Gasteiger partial charge in [0, 0.05) is 12.8 Å². The summed E-state index contributed by atoms with van der Waals surface area (Å²) >= 11 is 0. The topological polar surface area (TPSA) is 69.7 Å². The lowest BCUT2D eigenvalue weighted by atomic mass is 9.83. The maximum Gasteiger partial charge on any atom is 0.320 e. The Morgan fingerprint density at radius 2 is 1.24 bits per heavy atom. The maximum atomic E-state index is 12.4. The number of carbonyl (C=O) groups excluding carboxylic acids is 3. The number of carbonyl (C=O) groups is 3. The predicted molar refractivity (Wildman–Crippen MR) is 96.0 cm³/mol. The van der Waals surface area contributed by atoms with Gasteiger partial charge in [-0.25, -0.2) is 0 Å². The molecule has 144 valence electrons. The van der Waals surface area contributed by atoms with Crippen LogP contribution < -0.4 is 0 Å². The van der Waals surface area contributed by atoms with Crippen molar-refractivity contribution in [3.8, 4) is 0 Å². The van der Waals surface area contributed by atoms with Crippen molar-refractivity contribution in [1.82, 2.24) is 0 Å². The molecule has 0 aromatic rings. The molecule has 1 aliphatic carbocycles. The van der Waals surface area contributed by atoms with E-state index in [0.29, 0.717) is 12.8 Å². The van der Waals surface area contributed by atoms with Gasteiger partial charge in [-0.3, -0.25) is 14.4 Å². The molecule has 1 atom stereocenters. The average Bonchev–Trinajstić information content (AvgIpc) is 2.62. The summed E-state index contributed by atoms with van der Waals surface area (Å²) in [5, 5.41) is 0. The lowest BCUT2D eigenvalue weighted by Crippen LogP contribution is -2.34. The first-order valence-electron chi connectivity index (χ1n) is 9.77. The zero-order chi connectivity index (χ0) is 18.5. The van der Waals surface area contributed by atoms with E-state index in [2.05, 4.69) is 0 Å². The van der Waals surface area contributed by atoms with E-state index in [1.807, 2.05) is 0 Å². The fourth-order valence-corrected chi connectivity index (χ4v) is 3.66. The molecule has 0 spiro atoms. The van der Waals surface area contributed by atoms with Crippen molar-refractivity contribution >= 4 is 17.7 Å². The molecule has 5 nitrogen and oxygen atoms in total. The Morgan fingerprint density at radius 1 is 0.800 bits per heavy atom. The first kappa shape index (κ1) is 21.7. The van der Waals surface area contributed by atoms with E-state index in [-0.39, 0.29) is 18.1 Å². The van der Waals surface area contributed by atoms with E-state index in [1.165, 1.54) is 52.7 Å². The average molecular weight is 354 g/mol. The van der Waals surface area contributed by atoms with Crippen LogP contribution in [0.2, 0.25) is 0 Å². The highest BCUT2D eigenvalue weighted by atomic mass is 16.5. The molecular weight excluding hydrogens is 320 g/mol. The number of Topliss-reactive ketones (excluding diaryl/α,β-unsaturated/α-hetero) is 1. The molecule has 0 aromatic heterocycles. The molecule has 0 heterocycles. The van der Waals surface area contributed by atoms with Crippen LogP contribution in [-0.4, -0.2) is 31.9 Å². The van der Waals surface area contributed by atoms with Crippen molar-refractivity contribution in [3.63, 3.8) is 0 Å². The monoisotopic (exact) mass is 354 g/mol. The molecule has 0 unspecified atom stereocenters. The minimum Gasteiger partial charge on any atom is -0.468 e. The molecule has 0 aliphatic heterocycles. The lowest BCUT2D eigenvalue weighted by molar-refractivity contribution is -0.162. The SMILES string of the molecule is COC(=O)C(C(=O)OC)[C@H]1CCCCCCCCCCCCC(=O)C1. The van der Waals surface area contributed by atoms with Crippen molar-refractivity contribution in [2.45, 2.75) is 83.5 Å². The third-order valence-electron chi connectivity index (χ3n) is 5.15. The largest absolute Gasteiger partial charge is 0.468 e. The highest BCUT2D eigenvalue weighted by Gasteiger charge is 2.37. The van der Waals surface area contributed by atoms with Crippen molar-refractivity contribution < 1.29 is 23.9 Å². The van der Waals surface area contributed by atoms with Crippen LogP contribution in [0.3, 0.4) is 0 Å². The fourth-order valence-electron chi connectivity index (χ4n) is 3.66. The third kappa shape index (κ3) is 8.50. The van der Waals surface area contributed by atoms with Gasteiger partial charge in [0.25, 0.3) is 0 Å². The summed E-state index contributed by atoms with van der Waals surface area (Å²) in [6.45, 7) is 0. The summed E-state index contributed by atoms with van der Waals surface area (Å²) in [5.41, 5.74) is 0. The zero-order valence-electron chi connectivity index (χ0n) is 15.9. The molecule has 0 aromatic carbocycles. The van der Waals surface area contributed by atoms with Gasteiger partial charge in [0.15, 0.2) is 5.92 Å². The smallest absolute Gasteiger partial charge is 0.320 e. The van der Waals surface area contributed by atoms with Crippen molar-refractivity contribution in [3.05, 3.63) is 0 Å². The minimum absolute atomic E-state index is 0.137. The molecule has 5 heteroatoms. The summed E-state index contributed by atoms with van der Waals surface area (Å²) in [7, 11) is 2.54. The summed E-state index contributed by atoms with van der Waals surface area (Å²) in [4.78, 5) is 36.6. The van der Waals surface area contributed by atoms with Crippen LogP contribution in [0.5, 0.6) is 0 Å². The van der Waals surface area contributed by atoms with Gasteiger partial charge in [-0.15, -0.1) is 0 Å². The Labute approximate surface area is 151 Å². The van der Waals surface area contributed by atoms with E-state index in [0.717, 1.165) is 25.7 Å². The Morgan fingerprint density at radius 3 is 1.72 bits per heavy atom. The molecule has 0 radical (unpaired) electrons. The van der Waals surface area contributed by atoms with Crippen LogP contribution in [0, 0.1) is 11.8 Å². The van der Waals surface area contributed by atoms with Crippen molar-refractivity contribution in [2.75, 3.05) is 14.2 Å². The second-order valence-corrected chi connectivity index (χ2v) is 7.10. The minimum atomic E-state index is -0.991. The van der Waals surface area contributed by atoms with E-state index < -0.39 is 17.9 Å². The number of ether oxygens (including phenoxy) is 2.